The third-order valence-corrected chi connectivity index (χ3v) is 4.30. The minimum atomic E-state index is -3.69. The fourth-order valence-electron chi connectivity index (χ4n) is 1.96. The molecule has 0 aliphatic rings. The molecule has 0 radical (unpaired) electrons. The summed E-state index contributed by atoms with van der Waals surface area (Å²) in [6.07, 6.45) is 3.05. The Labute approximate surface area is 147 Å². The van der Waals surface area contributed by atoms with Gasteiger partial charge in [0.2, 0.25) is 0 Å². The van der Waals surface area contributed by atoms with Crippen molar-refractivity contribution < 1.29 is 17.9 Å². The summed E-state index contributed by atoms with van der Waals surface area (Å²) in [6.45, 7) is 6.32. The monoisotopic (exact) mass is 360 g/mol. The first-order valence-corrected chi connectivity index (χ1v) is 9.15. The van der Waals surface area contributed by atoms with Crippen LogP contribution < -0.4 is 14.3 Å². The summed E-state index contributed by atoms with van der Waals surface area (Å²) in [4.78, 5) is 2.33. The molecule has 0 fully saturated rings. The van der Waals surface area contributed by atoms with Crippen LogP contribution in [0.2, 0.25) is 0 Å². The van der Waals surface area contributed by atoms with Crippen molar-refractivity contribution in [3.05, 3.63) is 66.7 Å². The minimum Gasteiger partial charge on any atom is -0.490 e. The zero-order chi connectivity index (χ0) is 18.1. The van der Waals surface area contributed by atoms with Gasteiger partial charge in [-0.1, -0.05) is 30.9 Å². The van der Waals surface area contributed by atoms with Gasteiger partial charge < -0.3 is 9.47 Å². The van der Waals surface area contributed by atoms with Gasteiger partial charge in [-0.25, -0.2) is 4.83 Å². The summed E-state index contributed by atoms with van der Waals surface area (Å²) < 4.78 is 35.2. The second-order valence-electron chi connectivity index (χ2n) is 4.90. The number of benzene rings is 2. The van der Waals surface area contributed by atoms with E-state index in [1.807, 2.05) is 6.92 Å². The summed E-state index contributed by atoms with van der Waals surface area (Å²) in [5, 5.41) is 3.81. The fourth-order valence-corrected chi connectivity index (χ4v) is 2.78. The van der Waals surface area contributed by atoms with Crippen LogP contribution >= 0.6 is 0 Å². The summed E-state index contributed by atoms with van der Waals surface area (Å²) in [5.41, 5.74) is 0.671. The molecule has 0 bridgehead atoms. The molecule has 25 heavy (non-hydrogen) atoms. The van der Waals surface area contributed by atoms with Gasteiger partial charge in [-0.15, -0.1) is 0 Å². The van der Waals surface area contributed by atoms with Crippen LogP contribution in [0.4, 0.5) is 0 Å². The Bertz CT molecular complexity index is 833. The van der Waals surface area contributed by atoms with Crippen molar-refractivity contribution in [3.8, 4) is 11.5 Å². The Hall–Kier alpha value is -2.80. The topological polar surface area (TPSA) is 77.0 Å². The number of rotatable bonds is 9. The molecule has 0 saturated heterocycles. The van der Waals surface area contributed by atoms with Crippen molar-refractivity contribution in [1.82, 2.24) is 4.83 Å². The van der Waals surface area contributed by atoms with Gasteiger partial charge in [0.05, 0.1) is 17.7 Å². The molecule has 0 unspecified atom stereocenters. The van der Waals surface area contributed by atoms with Crippen molar-refractivity contribution in [3.63, 3.8) is 0 Å². The predicted octanol–water partition coefficient (Wildman–Crippen LogP) is 2.96. The van der Waals surface area contributed by atoms with Crippen molar-refractivity contribution in [2.24, 2.45) is 5.10 Å². The van der Waals surface area contributed by atoms with Crippen LogP contribution in [-0.2, 0) is 10.0 Å². The second kappa shape index (κ2) is 8.89. The summed E-state index contributed by atoms with van der Waals surface area (Å²) in [7, 11) is -3.69. The van der Waals surface area contributed by atoms with E-state index in [-0.39, 0.29) is 4.90 Å². The zero-order valence-electron chi connectivity index (χ0n) is 13.9. The van der Waals surface area contributed by atoms with Crippen molar-refractivity contribution >= 4 is 16.2 Å². The highest BCUT2D eigenvalue weighted by Crippen LogP contribution is 2.28. The van der Waals surface area contributed by atoms with Gasteiger partial charge in [0, 0.05) is 0 Å². The Morgan fingerprint density at radius 1 is 1.12 bits per heavy atom. The average Bonchev–Trinajstić information content (AvgIpc) is 2.62. The Balaban J connectivity index is 2.12. The van der Waals surface area contributed by atoms with E-state index in [1.54, 1.807) is 42.5 Å². The lowest BCUT2D eigenvalue weighted by molar-refractivity contribution is 0.297. The quantitative estimate of drug-likeness (QED) is 0.424. The highest BCUT2D eigenvalue weighted by Gasteiger charge is 2.11. The molecule has 0 aliphatic heterocycles. The van der Waals surface area contributed by atoms with Gasteiger partial charge in [0.1, 0.15) is 6.61 Å². The van der Waals surface area contributed by atoms with E-state index >= 15 is 0 Å². The highest BCUT2D eigenvalue weighted by molar-refractivity contribution is 7.89. The highest BCUT2D eigenvalue weighted by atomic mass is 32.2. The molecule has 0 aliphatic carbocycles. The molecule has 0 saturated carbocycles. The maximum absolute atomic E-state index is 12.1. The molecule has 0 heterocycles. The van der Waals surface area contributed by atoms with Crippen molar-refractivity contribution in [2.45, 2.75) is 11.8 Å². The molecule has 2 rings (SSSR count). The zero-order valence-corrected chi connectivity index (χ0v) is 14.7. The molecule has 2 aromatic carbocycles. The summed E-state index contributed by atoms with van der Waals surface area (Å²) >= 11 is 0. The molecule has 0 aromatic heterocycles. The first-order valence-electron chi connectivity index (χ1n) is 7.67. The average molecular weight is 360 g/mol. The van der Waals surface area contributed by atoms with E-state index in [0.717, 1.165) is 0 Å². The molecule has 0 spiro atoms. The smallest absolute Gasteiger partial charge is 0.276 e. The van der Waals surface area contributed by atoms with Crippen LogP contribution in [0.1, 0.15) is 12.5 Å². The molecule has 0 atom stereocenters. The second-order valence-corrected chi connectivity index (χ2v) is 6.57. The van der Waals surface area contributed by atoms with Crippen molar-refractivity contribution in [1.29, 1.82) is 0 Å². The number of nitrogens with zero attached hydrogens (tertiary/aromatic N) is 1. The number of hydrogen-bond donors (Lipinski definition) is 1. The van der Waals surface area contributed by atoms with Gasteiger partial charge in [0.15, 0.2) is 11.5 Å². The van der Waals surface area contributed by atoms with Crippen molar-refractivity contribution in [2.75, 3.05) is 13.2 Å². The fraction of sp³-hybridized carbons (Fsp3) is 0.167. The third kappa shape index (κ3) is 5.36. The summed E-state index contributed by atoms with van der Waals surface area (Å²) in [5.74, 6) is 1.14. The largest absolute Gasteiger partial charge is 0.490 e. The Morgan fingerprint density at radius 2 is 1.88 bits per heavy atom. The van der Waals surface area contributed by atoms with Gasteiger partial charge in [0.25, 0.3) is 10.0 Å². The van der Waals surface area contributed by atoms with E-state index in [4.69, 9.17) is 9.47 Å². The molecular formula is C18H20N2O4S. The number of ether oxygens (including phenoxy) is 2. The molecule has 0 amide bonds. The number of nitrogens with one attached hydrogen (secondary N) is 1. The molecule has 1 N–H and O–H groups in total. The van der Waals surface area contributed by atoms with E-state index < -0.39 is 10.0 Å². The first kappa shape index (κ1) is 18.5. The van der Waals surface area contributed by atoms with Gasteiger partial charge >= 0.3 is 0 Å². The molecule has 2 aromatic rings. The molecule has 7 heteroatoms. The number of hydrazone groups is 1. The lowest BCUT2D eigenvalue weighted by atomic mass is 10.2. The van der Waals surface area contributed by atoms with Crippen LogP contribution in [0.25, 0.3) is 0 Å². The third-order valence-electron chi connectivity index (χ3n) is 3.06. The number of sulfonamides is 1. The number of hydrogen-bond acceptors (Lipinski definition) is 5. The van der Waals surface area contributed by atoms with Gasteiger partial charge in [-0.2, -0.15) is 13.5 Å². The van der Waals surface area contributed by atoms with E-state index in [0.29, 0.717) is 30.3 Å². The molecule has 132 valence electrons. The van der Waals surface area contributed by atoms with Crippen LogP contribution in [0.3, 0.4) is 0 Å². The normalized spacial score (nSPS) is 11.2. The lowest BCUT2D eigenvalue weighted by Crippen LogP contribution is -2.18. The minimum absolute atomic E-state index is 0.148. The predicted molar refractivity (Wildman–Crippen MR) is 97.7 cm³/mol. The Kier molecular flexibility index (Phi) is 6.59. The van der Waals surface area contributed by atoms with Crippen LogP contribution in [0, 0.1) is 0 Å². The lowest BCUT2D eigenvalue weighted by Gasteiger charge is -2.11. The standard InChI is InChI=1S/C18H20N2O4S/c1-3-12-24-17-11-10-15(13-18(17)23-4-2)14-19-20-25(21,22)16-8-6-5-7-9-16/h3,5-11,13-14,20H,1,4,12H2,2H3/b19-14-. The first-order chi connectivity index (χ1) is 12.1. The van der Waals surface area contributed by atoms with Crippen LogP contribution in [-0.4, -0.2) is 27.8 Å². The van der Waals surface area contributed by atoms with Crippen LogP contribution in [0.15, 0.2) is 71.2 Å². The molecular weight excluding hydrogens is 340 g/mol. The Morgan fingerprint density at radius 3 is 2.56 bits per heavy atom. The van der Waals surface area contributed by atoms with E-state index in [2.05, 4.69) is 16.5 Å². The van der Waals surface area contributed by atoms with E-state index in [9.17, 15) is 8.42 Å². The van der Waals surface area contributed by atoms with Gasteiger partial charge in [-0.3, -0.25) is 0 Å². The maximum atomic E-state index is 12.1. The van der Waals surface area contributed by atoms with Gasteiger partial charge in [-0.05, 0) is 42.8 Å². The van der Waals surface area contributed by atoms with Crippen LogP contribution in [0.5, 0.6) is 11.5 Å². The molecule has 6 nitrogen and oxygen atoms in total. The maximum Gasteiger partial charge on any atom is 0.276 e. The summed E-state index contributed by atoms with van der Waals surface area (Å²) in [6, 6.07) is 13.2. The van der Waals surface area contributed by atoms with E-state index in [1.165, 1.54) is 18.3 Å². The SMILES string of the molecule is C=CCOc1ccc(/C=N\NS(=O)(=O)c2ccccc2)cc1OCC.